The van der Waals surface area contributed by atoms with Crippen molar-refractivity contribution in [2.75, 3.05) is 0 Å². The average Bonchev–Trinajstić information content (AvgIpc) is 3.17. The highest BCUT2D eigenvalue weighted by Gasteiger charge is 2.31. The summed E-state index contributed by atoms with van der Waals surface area (Å²) in [5.41, 5.74) is -0.368. The summed E-state index contributed by atoms with van der Waals surface area (Å²) >= 11 is 0. The molecule has 0 unspecified atom stereocenters. The van der Waals surface area contributed by atoms with Crippen molar-refractivity contribution < 1.29 is 18.1 Å². The number of hydrogen-bond acceptors (Lipinski definition) is 3. The molecule has 1 aliphatic carbocycles. The molecule has 0 radical (unpaired) electrons. The smallest absolute Gasteiger partial charge is 0.258 e. The molecule has 0 spiro atoms. The normalized spacial score (nSPS) is 14.7. The molecule has 8 heteroatoms. The van der Waals surface area contributed by atoms with Crippen LogP contribution in [-0.2, 0) is 0 Å². The van der Waals surface area contributed by atoms with Crippen molar-refractivity contribution in [2.24, 2.45) is 0 Å². The molecule has 1 saturated carbocycles. The van der Waals surface area contributed by atoms with Crippen LogP contribution in [0.25, 0.3) is 5.69 Å². The SMILES string of the molecule is O=[N+]([O-])c1ccc(-n2nc(C(F)F)cc2C2CC2)c(F)c1. The van der Waals surface area contributed by atoms with E-state index in [1.165, 1.54) is 12.1 Å². The fourth-order valence-electron chi connectivity index (χ4n) is 2.17. The first-order chi connectivity index (χ1) is 9.97. The number of hydrogen-bond donors (Lipinski definition) is 0. The van der Waals surface area contributed by atoms with Crippen molar-refractivity contribution in [1.82, 2.24) is 9.78 Å². The molecule has 0 aliphatic heterocycles. The van der Waals surface area contributed by atoms with E-state index in [9.17, 15) is 23.3 Å². The molecule has 5 nitrogen and oxygen atoms in total. The number of halogens is 3. The molecule has 3 rings (SSSR count). The Kier molecular flexibility index (Phi) is 3.15. The zero-order valence-corrected chi connectivity index (χ0v) is 10.7. The number of rotatable bonds is 4. The van der Waals surface area contributed by atoms with Gasteiger partial charge in [0.1, 0.15) is 11.4 Å². The lowest BCUT2D eigenvalue weighted by atomic mass is 10.2. The molecular formula is C13H10F3N3O2. The summed E-state index contributed by atoms with van der Waals surface area (Å²) in [5.74, 6) is -0.783. The standard InChI is InChI=1S/C13H10F3N3O2/c14-9-5-8(19(20)21)3-4-11(9)18-12(7-1-2-7)6-10(17-18)13(15)16/h3-7,13H,1-2H2. The van der Waals surface area contributed by atoms with Crippen LogP contribution in [0.15, 0.2) is 24.3 Å². The van der Waals surface area contributed by atoms with Gasteiger partial charge in [-0.15, -0.1) is 0 Å². The van der Waals surface area contributed by atoms with Gasteiger partial charge >= 0.3 is 0 Å². The number of benzene rings is 1. The Morgan fingerprint density at radius 3 is 2.57 bits per heavy atom. The number of aromatic nitrogens is 2. The number of non-ortho nitro benzene ring substituents is 1. The molecule has 0 saturated heterocycles. The van der Waals surface area contributed by atoms with Gasteiger partial charge in [0.25, 0.3) is 12.1 Å². The van der Waals surface area contributed by atoms with Crippen molar-refractivity contribution in [2.45, 2.75) is 25.2 Å². The molecule has 1 heterocycles. The third-order valence-electron chi connectivity index (χ3n) is 3.35. The second-order valence-corrected chi connectivity index (χ2v) is 4.87. The predicted octanol–water partition coefficient (Wildman–Crippen LogP) is 3.73. The van der Waals surface area contributed by atoms with E-state index in [4.69, 9.17) is 0 Å². The average molecular weight is 297 g/mol. The van der Waals surface area contributed by atoms with E-state index >= 15 is 0 Å². The molecule has 0 atom stereocenters. The van der Waals surface area contributed by atoms with Crippen molar-refractivity contribution in [1.29, 1.82) is 0 Å². The third kappa shape index (κ3) is 2.48. The van der Waals surface area contributed by atoms with Gasteiger partial charge in [-0.25, -0.2) is 17.9 Å². The lowest BCUT2D eigenvalue weighted by molar-refractivity contribution is -0.385. The Bertz CT molecular complexity index is 711. The summed E-state index contributed by atoms with van der Waals surface area (Å²) in [6, 6.07) is 4.33. The molecular weight excluding hydrogens is 287 g/mol. The van der Waals surface area contributed by atoms with E-state index in [1.807, 2.05) is 0 Å². The molecule has 1 aliphatic rings. The summed E-state index contributed by atoms with van der Waals surface area (Å²) in [4.78, 5) is 9.88. The topological polar surface area (TPSA) is 61.0 Å². The first-order valence-electron chi connectivity index (χ1n) is 6.29. The molecule has 0 bridgehead atoms. The lowest BCUT2D eigenvalue weighted by Crippen LogP contribution is -2.05. The maximum atomic E-state index is 14.0. The van der Waals surface area contributed by atoms with Crippen molar-refractivity contribution in [3.63, 3.8) is 0 Å². The number of nitro benzene ring substituents is 1. The van der Waals surface area contributed by atoms with Gasteiger partial charge < -0.3 is 0 Å². The first kappa shape index (κ1) is 13.6. The van der Waals surface area contributed by atoms with Crippen LogP contribution in [0.1, 0.15) is 36.6 Å². The first-order valence-corrected chi connectivity index (χ1v) is 6.29. The molecule has 110 valence electrons. The van der Waals surface area contributed by atoms with Crippen LogP contribution < -0.4 is 0 Å². The van der Waals surface area contributed by atoms with Crippen molar-refractivity contribution >= 4 is 5.69 Å². The Morgan fingerprint density at radius 2 is 2.05 bits per heavy atom. The predicted molar refractivity (Wildman–Crippen MR) is 67.1 cm³/mol. The number of alkyl halides is 2. The Hall–Kier alpha value is -2.38. The molecule has 0 N–H and O–H groups in total. The second kappa shape index (κ2) is 4.87. The van der Waals surface area contributed by atoms with Crippen LogP contribution in [-0.4, -0.2) is 14.7 Å². The molecule has 1 aromatic heterocycles. The zero-order valence-electron chi connectivity index (χ0n) is 10.7. The van der Waals surface area contributed by atoms with Crippen LogP contribution in [0.4, 0.5) is 18.9 Å². The highest BCUT2D eigenvalue weighted by molar-refractivity contribution is 5.44. The minimum atomic E-state index is -2.75. The summed E-state index contributed by atoms with van der Waals surface area (Å²) in [7, 11) is 0. The Morgan fingerprint density at radius 1 is 1.33 bits per heavy atom. The quantitative estimate of drug-likeness (QED) is 0.638. The van der Waals surface area contributed by atoms with Gasteiger partial charge in [0, 0.05) is 17.7 Å². The molecule has 2 aromatic rings. The summed E-state index contributed by atoms with van der Waals surface area (Å²) in [5, 5.41) is 14.3. The number of nitrogens with zero attached hydrogens (tertiary/aromatic N) is 3. The van der Waals surface area contributed by atoms with Gasteiger partial charge in [-0.3, -0.25) is 10.1 Å². The maximum Gasteiger partial charge on any atom is 0.282 e. The highest BCUT2D eigenvalue weighted by Crippen LogP contribution is 2.42. The minimum Gasteiger partial charge on any atom is -0.258 e. The van der Waals surface area contributed by atoms with E-state index < -0.39 is 28.5 Å². The second-order valence-electron chi connectivity index (χ2n) is 4.87. The summed E-state index contributed by atoms with van der Waals surface area (Å²) < 4.78 is 40.7. The molecule has 1 aromatic carbocycles. The molecule has 21 heavy (non-hydrogen) atoms. The maximum absolute atomic E-state index is 14.0. The number of nitro groups is 1. The fraction of sp³-hybridized carbons (Fsp3) is 0.308. The minimum absolute atomic E-state index is 0.0607. The van der Waals surface area contributed by atoms with Gasteiger partial charge in [0.15, 0.2) is 5.82 Å². The molecule has 1 fully saturated rings. The zero-order chi connectivity index (χ0) is 15.1. The third-order valence-corrected chi connectivity index (χ3v) is 3.35. The van der Waals surface area contributed by atoms with E-state index in [-0.39, 0.29) is 11.6 Å². The van der Waals surface area contributed by atoms with Crippen LogP contribution in [0, 0.1) is 15.9 Å². The van der Waals surface area contributed by atoms with E-state index in [0.717, 1.165) is 29.7 Å². The fourth-order valence-corrected chi connectivity index (χ4v) is 2.17. The highest BCUT2D eigenvalue weighted by atomic mass is 19.3. The van der Waals surface area contributed by atoms with Crippen molar-refractivity contribution in [3.05, 3.63) is 51.6 Å². The molecule has 0 amide bonds. The van der Waals surface area contributed by atoms with E-state index in [0.29, 0.717) is 5.69 Å². The van der Waals surface area contributed by atoms with Gasteiger partial charge in [-0.2, -0.15) is 5.10 Å². The Balaban J connectivity index is 2.09. The van der Waals surface area contributed by atoms with Crippen LogP contribution in [0.5, 0.6) is 0 Å². The largest absolute Gasteiger partial charge is 0.282 e. The summed E-state index contributed by atoms with van der Waals surface area (Å²) in [6.07, 6.45) is -1.07. The monoisotopic (exact) mass is 297 g/mol. The van der Waals surface area contributed by atoms with Gasteiger partial charge in [0.05, 0.1) is 11.0 Å². The van der Waals surface area contributed by atoms with Crippen LogP contribution in [0.3, 0.4) is 0 Å². The Labute approximate surface area is 117 Å². The van der Waals surface area contributed by atoms with Crippen LogP contribution in [0.2, 0.25) is 0 Å². The van der Waals surface area contributed by atoms with Crippen LogP contribution >= 0.6 is 0 Å². The van der Waals surface area contributed by atoms with Gasteiger partial charge in [-0.05, 0) is 25.0 Å². The van der Waals surface area contributed by atoms with E-state index in [2.05, 4.69) is 5.10 Å². The van der Waals surface area contributed by atoms with Crippen molar-refractivity contribution in [3.8, 4) is 5.69 Å². The van der Waals surface area contributed by atoms with Gasteiger partial charge in [0.2, 0.25) is 0 Å². The van der Waals surface area contributed by atoms with E-state index in [1.54, 1.807) is 0 Å². The summed E-state index contributed by atoms with van der Waals surface area (Å²) in [6.45, 7) is 0. The van der Waals surface area contributed by atoms with Gasteiger partial charge in [-0.1, -0.05) is 0 Å². The lowest BCUT2D eigenvalue weighted by Gasteiger charge is -2.07.